The molecule has 20 heavy (non-hydrogen) atoms. The maximum Gasteiger partial charge on any atom is 0.339 e. The minimum Gasteiger partial charge on any atom is -0.504 e. The summed E-state index contributed by atoms with van der Waals surface area (Å²) in [5, 5.41) is 19.2. The maximum atomic E-state index is 11.8. The van der Waals surface area contributed by atoms with E-state index in [1.54, 1.807) is 25.3 Å². The molecule has 1 aromatic heterocycles. The number of benzene rings is 1. The highest BCUT2D eigenvalue weighted by Crippen LogP contribution is 2.38. The molecule has 0 radical (unpaired) electrons. The summed E-state index contributed by atoms with van der Waals surface area (Å²) in [4.78, 5) is 11.8. The molecule has 5 heteroatoms. The van der Waals surface area contributed by atoms with Crippen molar-refractivity contribution in [3.63, 3.8) is 0 Å². The second-order valence-corrected chi connectivity index (χ2v) is 4.78. The van der Waals surface area contributed by atoms with Crippen molar-refractivity contribution >= 4 is 5.97 Å². The number of rotatable bonds is 2. The van der Waals surface area contributed by atoms with E-state index >= 15 is 0 Å². The fraction of sp³-hybridized carbons (Fsp3) is 0.267. The summed E-state index contributed by atoms with van der Waals surface area (Å²) >= 11 is 0. The Morgan fingerprint density at radius 3 is 2.80 bits per heavy atom. The normalized spacial score (nSPS) is 12.7. The fourth-order valence-electron chi connectivity index (χ4n) is 2.55. The average molecular weight is 273 g/mol. The van der Waals surface area contributed by atoms with Crippen LogP contribution in [0.5, 0.6) is 11.5 Å². The van der Waals surface area contributed by atoms with Crippen LogP contribution in [-0.2, 0) is 17.7 Å². The third-order valence-electron chi connectivity index (χ3n) is 3.51. The second-order valence-electron chi connectivity index (χ2n) is 4.78. The van der Waals surface area contributed by atoms with Gasteiger partial charge >= 0.3 is 5.97 Å². The Morgan fingerprint density at radius 2 is 2.05 bits per heavy atom. The minimum absolute atomic E-state index is 0.116. The van der Waals surface area contributed by atoms with Crippen LogP contribution in [0.15, 0.2) is 24.4 Å². The summed E-state index contributed by atoms with van der Waals surface area (Å²) in [6, 6.07) is 4.86. The molecule has 5 nitrogen and oxygen atoms in total. The summed E-state index contributed by atoms with van der Waals surface area (Å²) in [5.41, 5.74) is 3.15. The highest BCUT2D eigenvalue weighted by atomic mass is 16.5. The zero-order chi connectivity index (χ0) is 14.3. The highest BCUT2D eigenvalue weighted by molar-refractivity contribution is 5.91. The molecule has 0 unspecified atom stereocenters. The van der Waals surface area contributed by atoms with E-state index in [1.165, 1.54) is 6.07 Å². The molecule has 0 atom stereocenters. The van der Waals surface area contributed by atoms with Gasteiger partial charge in [0.2, 0.25) is 0 Å². The van der Waals surface area contributed by atoms with E-state index in [0.717, 1.165) is 29.8 Å². The first-order chi connectivity index (χ1) is 9.60. The van der Waals surface area contributed by atoms with E-state index in [1.807, 2.05) is 4.57 Å². The number of esters is 1. The molecule has 3 rings (SSSR count). The number of aromatic nitrogens is 1. The van der Waals surface area contributed by atoms with Gasteiger partial charge in [-0.3, -0.25) is 0 Å². The van der Waals surface area contributed by atoms with Crippen molar-refractivity contribution in [3.05, 3.63) is 35.5 Å². The van der Waals surface area contributed by atoms with E-state index in [2.05, 4.69) is 0 Å². The van der Waals surface area contributed by atoms with Gasteiger partial charge in [0.1, 0.15) is 0 Å². The molecule has 0 aliphatic carbocycles. The van der Waals surface area contributed by atoms with Gasteiger partial charge in [-0.1, -0.05) is 0 Å². The van der Waals surface area contributed by atoms with Gasteiger partial charge in [0.05, 0.1) is 12.2 Å². The predicted octanol–water partition coefficient (Wildman–Crippen LogP) is 2.30. The Hall–Kier alpha value is -2.43. The molecular weight excluding hydrogens is 258 g/mol. The molecular formula is C15H15NO4. The van der Waals surface area contributed by atoms with Crippen LogP contribution in [0.2, 0.25) is 0 Å². The Balaban J connectivity index is 2.08. The monoisotopic (exact) mass is 273 g/mol. The number of carbonyl (C=O) groups excluding carboxylic acids is 1. The molecule has 0 bridgehead atoms. The average Bonchev–Trinajstić information content (AvgIpc) is 2.85. The van der Waals surface area contributed by atoms with Gasteiger partial charge in [-0.25, -0.2) is 4.79 Å². The number of hydrogen-bond donors (Lipinski definition) is 2. The first kappa shape index (κ1) is 12.6. The van der Waals surface area contributed by atoms with Crippen LogP contribution in [0.3, 0.4) is 0 Å². The van der Waals surface area contributed by atoms with Crippen molar-refractivity contribution in [2.24, 2.45) is 0 Å². The van der Waals surface area contributed by atoms with E-state index < -0.39 is 0 Å². The van der Waals surface area contributed by atoms with Gasteiger partial charge in [-0.2, -0.15) is 0 Å². The smallest absolute Gasteiger partial charge is 0.339 e. The molecule has 0 spiro atoms. The fourth-order valence-corrected chi connectivity index (χ4v) is 2.55. The van der Waals surface area contributed by atoms with Crippen molar-refractivity contribution in [2.75, 3.05) is 6.61 Å². The van der Waals surface area contributed by atoms with Gasteiger partial charge in [0.15, 0.2) is 11.5 Å². The van der Waals surface area contributed by atoms with Crippen molar-refractivity contribution in [1.29, 1.82) is 0 Å². The lowest BCUT2D eigenvalue weighted by Crippen LogP contribution is -2.09. The standard InChI is InChI=1S/C15H15NO4/c1-2-20-15(19)10-5-12-11-7-14(18)13(17)6-9(11)3-4-16(12)8-10/h5-8,17-18H,2-4H2,1H3. The summed E-state index contributed by atoms with van der Waals surface area (Å²) in [6.07, 6.45) is 2.51. The van der Waals surface area contributed by atoms with E-state index in [0.29, 0.717) is 12.2 Å². The van der Waals surface area contributed by atoms with Crippen molar-refractivity contribution in [2.45, 2.75) is 19.9 Å². The molecule has 1 aliphatic rings. The molecule has 2 N–H and O–H groups in total. The van der Waals surface area contributed by atoms with Crippen molar-refractivity contribution < 1.29 is 19.7 Å². The predicted molar refractivity (Wildman–Crippen MR) is 72.9 cm³/mol. The Bertz CT molecular complexity index is 687. The lowest BCUT2D eigenvalue weighted by atomic mass is 9.97. The topological polar surface area (TPSA) is 71.7 Å². The van der Waals surface area contributed by atoms with Crippen LogP contribution < -0.4 is 0 Å². The van der Waals surface area contributed by atoms with Gasteiger partial charge in [0, 0.05) is 24.0 Å². The number of aromatic hydroxyl groups is 2. The van der Waals surface area contributed by atoms with Gasteiger partial charge in [0.25, 0.3) is 0 Å². The lowest BCUT2D eigenvalue weighted by molar-refractivity contribution is 0.0526. The number of phenols is 2. The van der Waals surface area contributed by atoms with Crippen LogP contribution in [0.4, 0.5) is 0 Å². The zero-order valence-corrected chi connectivity index (χ0v) is 11.1. The molecule has 1 aliphatic heterocycles. The number of carbonyl (C=O) groups is 1. The summed E-state index contributed by atoms with van der Waals surface area (Å²) in [7, 11) is 0. The molecule has 0 saturated carbocycles. The Kier molecular flexibility index (Phi) is 2.89. The number of aryl methyl sites for hydroxylation is 2. The third kappa shape index (κ3) is 1.91. The number of hydrogen-bond acceptors (Lipinski definition) is 4. The molecule has 2 heterocycles. The molecule has 0 fully saturated rings. The van der Waals surface area contributed by atoms with Gasteiger partial charge in [-0.15, -0.1) is 0 Å². The van der Waals surface area contributed by atoms with Crippen LogP contribution in [0.1, 0.15) is 22.8 Å². The van der Waals surface area contributed by atoms with Crippen molar-refractivity contribution in [1.82, 2.24) is 4.57 Å². The lowest BCUT2D eigenvalue weighted by Gasteiger charge is -2.19. The van der Waals surface area contributed by atoms with Crippen LogP contribution in [0, 0.1) is 0 Å². The number of nitrogens with zero attached hydrogens (tertiary/aromatic N) is 1. The first-order valence-corrected chi connectivity index (χ1v) is 6.52. The summed E-state index contributed by atoms with van der Waals surface area (Å²) < 4.78 is 6.96. The number of ether oxygens (including phenoxy) is 1. The van der Waals surface area contributed by atoms with Crippen LogP contribution >= 0.6 is 0 Å². The maximum absolute atomic E-state index is 11.8. The van der Waals surface area contributed by atoms with E-state index in [9.17, 15) is 15.0 Å². The van der Waals surface area contributed by atoms with Gasteiger partial charge in [-0.05, 0) is 37.1 Å². The Morgan fingerprint density at radius 1 is 1.30 bits per heavy atom. The van der Waals surface area contributed by atoms with Crippen molar-refractivity contribution in [3.8, 4) is 22.8 Å². The first-order valence-electron chi connectivity index (χ1n) is 6.52. The number of phenolic OH excluding ortho intramolecular Hbond substituents is 2. The van der Waals surface area contributed by atoms with Gasteiger partial charge < -0.3 is 19.5 Å². The number of fused-ring (bicyclic) bond motifs is 3. The molecule has 0 saturated heterocycles. The SMILES string of the molecule is CCOC(=O)c1cc2n(c1)CCc1cc(O)c(O)cc1-2. The molecule has 1 aromatic carbocycles. The Labute approximate surface area is 116 Å². The quantitative estimate of drug-likeness (QED) is 0.650. The second kappa shape index (κ2) is 4.59. The van der Waals surface area contributed by atoms with E-state index in [-0.39, 0.29) is 17.5 Å². The third-order valence-corrected chi connectivity index (χ3v) is 3.51. The highest BCUT2D eigenvalue weighted by Gasteiger charge is 2.21. The summed E-state index contributed by atoms with van der Waals surface area (Å²) in [6.45, 7) is 2.83. The van der Waals surface area contributed by atoms with Crippen LogP contribution in [0.25, 0.3) is 11.3 Å². The molecule has 104 valence electrons. The molecule has 2 aromatic rings. The molecule has 0 amide bonds. The van der Waals surface area contributed by atoms with Crippen LogP contribution in [-0.4, -0.2) is 27.4 Å². The minimum atomic E-state index is -0.348. The van der Waals surface area contributed by atoms with E-state index in [4.69, 9.17) is 4.74 Å². The summed E-state index contributed by atoms with van der Waals surface area (Å²) in [5.74, 6) is -0.621. The zero-order valence-electron chi connectivity index (χ0n) is 11.1. The largest absolute Gasteiger partial charge is 0.504 e.